The fourth-order valence-electron chi connectivity index (χ4n) is 4.93. The maximum Gasteiger partial charge on any atom is 0.276 e. The zero-order chi connectivity index (χ0) is 22.4. The molecule has 0 radical (unpaired) electrons. The predicted octanol–water partition coefficient (Wildman–Crippen LogP) is 3.04. The molecule has 0 bridgehead atoms. The first kappa shape index (κ1) is 20.9. The number of nitrogens with zero attached hydrogens (tertiary/aromatic N) is 4. The van der Waals surface area contributed by atoms with Crippen molar-refractivity contribution in [2.45, 2.75) is 52.2 Å². The molecule has 1 amide bonds. The summed E-state index contributed by atoms with van der Waals surface area (Å²) >= 11 is 0. The first-order valence-corrected chi connectivity index (χ1v) is 11.3. The Labute approximate surface area is 185 Å². The van der Waals surface area contributed by atoms with Gasteiger partial charge in [-0.2, -0.15) is 0 Å². The van der Waals surface area contributed by atoms with Crippen molar-refractivity contribution in [3.63, 3.8) is 0 Å². The van der Waals surface area contributed by atoms with Crippen LogP contribution in [0.2, 0.25) is 0 Å². The lowest BCUT2D eigenvalue weighted by Gasteiger charge is -2.29. The number of hydrogen-bond donors (Lipinski definition) is 1. The Morgan fingerprint density at radius 2 is 2.03 bits per heavy atom. The molecule has 1 fully saturated rings. The fraction of sp³-hybridized carbons (Fsp3) is 0.458. The van der Waals surface area contributed by atoms with Crippen LogP contribution in [0.15, 0.2) is 35.1 Å². The summed E-state index contributed by atoms with van der Waals surface area (Å²) in [6, 6.07) is 8.73. The third-order valence-electron chi connectivity index (χ3n) is 6.61. The van der Waals surface area contributed by atoms with Gasteiger partial charge in [-0.25, -0.2) is 13.9 Å². The molecule has 0 spiro atoms. The number of halogens is 1. The Morgan fingerprint density at radius 1 is 1.25 bits per heavy atom. The second kappa shape index (κ2) is 8.16. The minimum Gasteiger partial charge on any atom is -0.336 e. The number of fused-ring (bicyclic) bond motifs is 2. The number of benzene rings is 1. The van der Waals surface area contributed by atoms with Crippen molar-refractivity contribution in [1.82, 2.24) is 24.4 Å². The molecule has 3 aromatic rings. The number of hydrogen-bond acceptors (Lipinski definition) is 4. The second-order valence-corrected chi connectivity index (χ2v) is 9.17. The smallest absolute Gasteiger partial charge is 0.276 e. The number of likely N-dealkylation sites (tertiary alicyclic amines) is 1. The number of carbonyl (C=O) groups is 1. The van der Waals surface area contributed by atoms with Crippen LogP contribution in [0.25, 0.3) is 5.65 Å². The van der Waals surface area contributed by atoms with Gasteiger partial charge in [0.05, 0.1) is 24.0 Å². The maximum atomic E-state index is 13.3. The monoisotopic (exact) mass is 437 g/mol. The number of nitrogens with one attached hydrogen (secondary N) is 1. The average Bonchev–Trinajstić information content (AvgIpc) is 3.41. The van der Waals surface area contributed by atoms with Gasteiger partial charge < -0.3 is 4.90 Å². The molecule has 32 heavy (non-hydrogen) atoms. The van der Waals surface area contributed by atoms with E-state index in [1.165, 1.54) is 12.1 Å². The van der Waals surface area contributed by atoms with Crippen molar-refractivity contribution in [2.24, 2.45) is 5.92 Å². The highest BCUT2D eigenvalue weighted by atomic mass is 19.1. The summed E-state index contributed by atoms with van der Waals surface area (Å²) in [5.41, 5.74) is 3.95. The van der Waals surface area contributed by atoms with Gasteiger partial charge in [0.1, 0.15) is 5.82 Å². The van der Waals surface area contributed by atoms with Crippen molar-refractivity contribution < 1.29 is 9.18 Å². The van der Waals surface area contributed by atoms with Gasteiger partial charge >= 0.3 is 0 Å². The average molecular weight is 438 g/mol. The van der Waals surface area contributed by atoms with Gasteiger partial charge in [0.15, 0.2) is 5.65 Å². The molecule has 7 nitrogen and oxygen atoms in total. The SMILES string of the molecule is CC(C)C(=O)N1CCc2c(nc3cc(C4CCCN4Cc4ccc(F)cc4)[nH]n3c2=O)C1. The molecule has 2 aliphatic rings. The number of rotatable bonds is 4. The van der Waals surface area contributed by atoms with Crippen LogP contribution in [0.4, 0.5) is 4.39 Å². The zero-order valence-electron chi connectivity index (χ0n) is 18.5. The molecule has 168 valence electrons. The molecular formula is C24H28FN5O2. The first-order chi connectivity index (χ1) is 15.4. The van der Waals surface area contributed by atoms with Crippen molar-refractivity contribution in [1.29, 1.82) is 0 Å². The van der Waals surface area contributed by atoms with E-state index in [-0.39, 0.29) is 29.2 Å². The largest absolute Gasteiger partial charge is 0.336 e. The van der Waals surface area contributed by atoms with Crippen molar-refractivity contribution >= 4 is 11.6 Å². The second-order valence-electron chi connectivity index (χ2n) is 9.17. The van der Waals surface area contributed by atoms with Crippen LogP contribution in [0.3, 0.4) is 0 Å². The number of aromatic amines is 1. The van der Waals surface area contributed by atoms with Gasteiger partial charge in [-0.15, -0.1) is 0 Å². The normalized spacial score (nSPS) is 19.1. The molecule has 0 aliphatic carbocycles. The molecule has 1 unspecified atom stereocenters. The summed E-state index contributed by atoms with van der Waals surface area (Å²) in [6.45, 7) is 6.39. The summed E-state index contributed by atoms with van der Waals surface area (Å²) in [4.78, 5) is 34.5. The van der Waals surface area contributed by atoms with E-state index in [2.05, 4.69) is 10.00 Å². The van der Waals surface area contributed by atoms with Crippen LogP contribution in [0, 0.1) is 11.7 Å². The molecule has 1 aromatic carbocycles. The van der Waals surface area contributed by atoms with E-state index in [1.54, 1.807) is 9.42 Å². The van der Waals surface area contributed by atoms with Crippen LogP contribution in [-0.4, -0.2) is 43.4 Å². The summed E-state index contributed by atoms with van der Waals surface area (Å²) < 4.78 is 14.8. The van der Waals surface area contributed by atoms with Gasteiger partial charge in [0.2, 0.25) is 5.91 Å². The number of amides is 1. The Bertz CT molecular complexity index is 1210. The molecule has 2 aromatic heterocycles. The highest BCUT2D eigenvalue weighted by molar-refractivity contribution is 5.78. The van der Waals surface area contributed by atoms with Gasteiger partial charge in [0, 0.05) is 30.6 Å². The van der Waals surface area contributed by atoms with Gasteiger partial charge in [-0.3, -0.25) is 19.6 Å². The highest BCUT2D eigenvalue weighted by Crippen LogP contribution is 2.33. The summed E-state index contributed by atoms with van der Waals surface area (Å²) in [5, 5.41) is 3.29. The quantitative estimate of drug-likeness (QED) is 0.681. The Hall–Kier alpha value is -3.00. The molecule has 4 heterocycles. The van der Waals surface area contributed by atoms with E-state index in [0.717, 1.165) is 37.2 Å². The molecule has 2 aliphatic heterocycles. The van der Waals surface area contributed by atoms with E-state index < -0.39 is 0 Å². The summed E-state index contributed by atoms with van der Waals surface area (Å²) in [7, 11) is 0. The van der Waals surface area contributed by atoms with Crippen LogP contribution in [0.1, 0.15) is 55.2 Å². The Balaban J connectivity index is 1.43. The van der Waals surface area contributed by atoms with Crippen LogP contribution < -0.4 is 5.56 Å². The summed E-state index contributed by atoms with van der Waals surface area (Å²) in [6.07, 6.45) is 2.57. The fourth-order valence-corrected chi connectivity index (χ4v) is 4.93. The molecule has 8 heteroatoms. The minimum atomic E-state index is -0.231. The van der Waals surface area contributed by atoms with Crippen molar-refractivity contribution in [3.8, 4) is 0 Å². The van der Waals surface area contributed by atoms with Gasteiger partial charge in [0.25, 0.3) is 5.56 Å². The number of carbonyl (C=O) groups excluding carboxylic acids is 1. The topological polar surface area (TPSA) is 73.7 Å². The van der Waals surface area contributed by atoms with E-state index in [9.17, 15) is 14.0 Å². The zero-order valence-corrected chi connectivity index (χ0v) is 18.5. The lowest BCUT2D eigenvalue weighted by molar-refractivity contribution is -0.135. The van der Waals surface area contributed by atoms with Crippen molar-refractivity contribution in [3.05, 3.63) is 69.0 Å². The first-order valence-electron chi connectivity index (χ1n) is 11.3. The third-order valence-corrected chi connectivity index (χ3v) is 6.61. The van der Waals surface area contributed by atoms with Gasteiger partial charge in [-0.1, -0.05) is 26.0 Å². The van der Waals surface area contributed by atoms with E-state index >= 15 is 0 Å². The van der Waals surface area contributed by atoms with Crippen LogP contribution in [0.5, 0.6) is 0 Å². The summed E-state index contributed by atoms with van der Waals surface area (Å²) in [5.74, 6) is -0.213. The van der Waals surface area contributed by atoms with E-state index in [0.29, 0.717) is 36.4 Å². The Kier molecular flexibility index (Phi) is 5.33. The lowest BCUT2D eigenvalue weighted by Crippen LogP contribution is -2.41. The molecule has 1 saturated heterocycles. The Morgan fingerprint density at radius 3 is 2.78 bits per heavy atom. The van der Waals surface area contributed by atoms with Crippen LogP contribution in [-0.2, 0) is 24.3 Å². The predicted molar refractivity (Wildman–Crippen MR) is 119 cm³/mol. The highest BCUT2D eigenvalue weighted by Gasteiger charge is 2.30. The van der Waals surface area contributed by atoms with Crippen LogP contribution >= 0.6 is 0 Å². The van der Waals surface area contributed by atoms with Gasteiger partial charge in [-0.05, 0) is 43.5 Å². The molecule has 0 saturated carbocycles. The number of aromatic nitrogens is 3. The molecule has 1 N–H and O–H groups in total. The number of H-pyrrole nitrogens is 1. The standard InChI is InChI=1S/C24H28FN5O2/c1-15(2)23(31)29-11-9-18-20(14-29)26-22-12-19(27-30(22)24(18)32)21-4-3-10-28(21)13-16-5-7-17(25)8-6-16/h5-8,12,15,21,27H,3-4,9-11,13-14H2,1-2H3. The van der Waals surface area contributed by atoms with E-state index in [4.69, 9.17) is 4.98 Å². The molecular weight excluding hydrogens is 409 g/mol. The van der Waals surface area contributed by atoms with Crippen molar-refractivity contribution in [2.75, 3.05) is 13.1 Å². The minimum absolute atomic E-state index is 0.0732. The van der Waals surface area contributed by atoms with E-state index in [1.807, 2.05) is 32.0 Å². The maximum absolute atomic E-state index is 13.3. The molecule has 5 rings (SSSR count). The third kappa shape index (κ3) is 3.72. The lowest BCUT2D eigenvalue weighted by atomic mass is 10.0. The molecule has 1 atom stereocenters.